The number of aliphatic hydroxyl groups is 1. The number of carbonyl (C=O) groups is 1. The Balaban J connectivity index is 2.52. The van der Waals surface area contributed by atoms with Gasteiger partial charge in [0.2, 0.25) is 0 Å². The number of rotatable bonds is 5. The van der Waals surface area contributed by atoms with Crippen molar-refractivity contribution in [2.75, 3.05) is 6.61 Å². The maximum atomic E-state index is 12.9. The average Bonchev–Trinajstić information content (AvgIpc) is 2.58. The Kier molecular flexibility index (Phi) is 5.30. The van der Waals surface area contributed by atoms with E-state index < -0.39 is 23.8 Å². The molecule has 0 aliphatic heterocycles. The molecule has 0 radical (unpaired) electrons. The van der Waals surface area contributed by atoms with Crippen molar-refractivity contribution < 1.29 is 27.8 Å². The molecule has 1 atom stereocenters. The van der Waals surface area contributed by atoms with Gasteiger partial charge in [0.25, 0.3) is 0 Å². The van der Waals surface area contributed by atoms with Crippen LogP contribution >= 0.6 is 0 Å². The molecule has 24 heavy (non-hydrogen) atoms. The van der Waals surface area contributed by atoms with Gasteiger partial charge in [0.05, 0.1) is 5.56 Å². The second kappa shape index (κ2) is 7.22. The fourth-order valence-electron chi connectivity index (χ4n) is 1.95. The lowest BCUT2D eigenvalue weighted by atomic mass is 9.98. The Labute approximate surface area is 135 Å². The van der Waals surface area contributed by atoms with E-state index in [9.17, 15) is 23.1 Å². The average molecular weight is 338 g/mol. The van der Waals surface area contributed by atoms with E-state index in [1.807, 2.05) is 0 Å². The first-order chi connectivity index (χ1) is 11.3. The monoisotopic (exact) mass is 338 g/mol. The zero-order chi connectivity index (χ0) is 17.7. The molecule has 8 heteroatoms. The lowest BCUT2D eigenvalue weighted by Crippen LogP contribution is -2.21. The topological polar surface area (TPSA) is 72.3 Å². The van der Waals surface area contributed by atoms with Crippen molar-refractivity contribution in [3.05, 3.63) is 60.4 Å². The second-order valence-corrected chi connectivity index (χ2v) is 4.71. The van der Waals surface area contributed by atoms with Crippen LogP contribution in [0.2, 0.25) is 0 Å². The minimum absolute atomic E-state index is 0.0115. The first kappa shape index (κ1) is 17.6. The quantitative estimate of drug-likeness (QED) is 0.670. The zero-order valence-corrected chi connectivity index (χ0v) is 12.3. The zero-order valence-electron chi connectivity index (χ0n) is 12.3. The van der Waals surface area contributed by atoms with Crippen molar-refractivity contribution >= 4 is 5.97 Å². The molecule has 0 aliphatic carbocycles. The van der Waals surface area contributed by atoms with E-state index in [1.54, 1.807) is 0 Å². The van der Waals surface area contributed by atoms with Gasteiger partial charge >= 0.3 is 12.1 Å². The number of aliphatic hydroxyl groups excluding tert-OH is 1. The number of nitrogens with zero attached hydrogens (tertiary/aromatic N) is 2. The summed E-state index contributed by atoms with van der Waals surface area (Å²) in [6, 6.07) is 4.80. The second-order valence-electron chi connectivity index (χ2n) is 4.71. The molecule has 0 amide bonds. The van der Waals surface area contributed by atoms with E-state index in [2.05, 4.69) is 16.5 Å². The number of ether oxygens (including phenoxy) is 1. The van der Waals surface area contributed by atoms with Crippen molar-refractivity contribution in [1.29, 1.82) is 0 Å². The predicted molar refractivity (Wildman–Crippen MR) is 79.0 cm³/mol. The number of carbonyl (C=O) groups excluding carboxylic acids is 1. The largest absolute Gasteiger partial charge is 0.458 e. The van der Waals surface area contributed by atoms with Crippen LogP contribution in [0.5, 0.6) is 0 Å². The van der Waals surface area contributed by atoms with Crippen LogP contribution in [0.1, 0.15) is 22.0 Å². The molecule has 0 saturated heterocycles. The molecule has 1 aromatic heterocycles. The number of benzene rings is 1. The molecule has 2 aromatic rings. The van der Waals surface area contributed by atoms with Gasteiger partial charge in [0.1, 0.15) is 6.61 Å². The molecule has 1 heterocycles. The van der Waals surface area contributed by atoms with Gasteiger partial charge in [-0.2, -0.15) is 13.2 Å². The molecule has 0 saturated carbocycles. The van der Waals surface area contributed by atoms with Crippen molar-refractivity contribution in [3.63, 3.8) is 0 Å². The van der Waals surface area contributed by atoms with Crippen LogP contribution in [-0.4, -0.2) is 33.8 Å². The van der Waals surface area contributed by atoms with Gasteiger partial charge in [-0.25, -0.2) is 14.8 Å². The SMILES string of the molecule is C=CCOC(=O)c1ccc(C(O)C(F)(F)F)c(-c2ncccn2)c1. The van der Waals surface area contributed by atoms with Crippen LogP contribution in [0.4, 0.5) is 13.2 Å². The standard InChI is InChI=1S/C16H13F3N2O3/c1-2-8-24-15(23)10-4-5-11(13(22)16(17,18)19)12(9-10)14-20-6-3-7-21-14/h2-7,9,13,22H,1,8H2. The van der Waals surface area contributed by atoms with Gasteiger partial charge in [-0.05, 0) is 18.2 Å². The van der Waals surface area contributed by atoms with Gasteiger partial charge in [-0.3, -0.25) is 0 Å². The van der Waals surface area contributed by atoms with Gasteiger partial charge in [0.15, 0.2) is 11.9 Å². The van der Waals surface area contributed by atoms with E-state index >= 15 is 0 Å². The fraction of sp³-hybridized carbons (Fsp3) is 0.188. The van der Waals surface area contributed by atoms with E-state index in [0.29, 0.717) is 0 Å². The molecule has 2 rings (SSSR count). The third-order valence-corrected chi connectivity index (χ3v) is 3.03. The summed E-state index contributed by atoms with van der Waals surface area (Å²) >= 11 is 0. The molecule has 5 nitrogen and oxygen atoms in total. The summed E-state index contributed by atoms with van der Waals surface area (Å²) < 4.78 is 43.4. The van der Waals surface area contributed by atoms with Gasteiger partial charge in [0, 0.05) is 23.5 Å². The highest BCUT2D eigenvalue weighted by atomic mass is 19.4. The maximum absolute atomic E-state index is 12.9. The Hall–Kier alpha value is -2.74. The molecule has 0 bridgehead atoms. The highest BCUT2D eigenvalue weighted by Crippen LogP contribution is 2.37. The van der Waals surface area contributed by atoms with E-state index in [-0.39, 0.29) is 23.6 Å². The normalized spacial score (nSPS) is 12.5. The molecule has 0 aliphatic rings. The third-order valence-electron chi connectivity index (χ3n) is 3.03. The van der Waals surface area contributed by atoms with Gasteiger partial charge < -0.3 is 9.84 Å². The first-order valence-electron chi connectivity index (χ1n) is 6.78. The van der Waals surface area contributed by atoms with Crippen molar-refractivity contribution in [3.8, 4) is 11.4 Å². The van der Waals surface area contributed by atoms with Crippen molar-refractivity contribution in [2.45, 2.75) is 12.3 Å². The van der Waals surface area contributed by atoms with Gasteiger partial charge in [-0.15, -0.1) is 0 Å². The number of esters is 1. The molecule has 126 valence electrons. The number of halogens is 3. The summed E-state index contributed by atoms with van der Waals surface area (Å²) in [5.41, 5.74) is -0.542. The van der Waals surface area contributed by atoms with E-state index in [4.69, 9.17) is 4.74 Å². The summed E-state index contributed by atoms with van der Waals surface area (Å²) in [6.45, 7) is 3.36. The summed E-state index contributed by atoms with van der Waals surface area (Å²) in [5.74, 6) is -0.783. The highest BCUT2D eigenvalue weighted by molar-refractivity contribution is 5.91. The molecule has 0 fully saturated rings. The molecule has 0 spiro atoms. The van der Waals surface area contributed by atoms with Crippen LogP contribution in [0.25, 0.3) is 11.4 Å². The predicted octanol–water partition coefficient (Wildman–Crippen LogP) is 3.08. The van der Waals surface area contributed by atoms with Gasteiger partial charge in [-0.1, -0.05) is 18.7 Å². The minimum Gasteiger partial charge on any atom is -0.458 e. The van der Waals surface area contributed by atoms with Crippen LogP contribution in [0, 0.1) is 0 Å². The number of hydrogen-bond acceptors (Lipinski definition) is 5. The summed E-state index contributed by atoms with van der Waals surface area (Å²) in [7, 11) is 0. The molecule has 1 aromatic carbocycles. The molecule has 1 unspecified atom stereocenters. The number of aromatic nitrogens is 2. The summed E-state index contributed by atoms with van der Waals surface area (Å²) in [6.07, 6.45) is -3.55. The summed E-state index contributed by atoms with van der Waals surface area (Å²) in [5, 5.41) is 9.56. The molecular formula is C16H13F3N2O3. The van der Waals surface area contributed by atoms with Crippen LogP contribution < -0.4 is 0 Å². The van der Waals surface area contributed by atoms with Crippen LogP contribution in [0.15, 0.2) is 49.3 Å². The van der Waals surface area contributed by atoms with E-state index in [0.717, 1.165) is 18.2 Å². The van der Waals surface area contributed by atoms with Crippen molar-refractivity contribution in [1.82, 2.24) is 9.97 Å². The molecule has 1 N–H and O–H groups in total. The Morgan fingerprint density at radius 1 is 1.33 bits per heavy atom. The van der Waals surface area contributed by atoms with Crippen molar-refractivity contribution in [2.24, 2.45) is 0 Å². The lowest BCUT2D eigenvalue weighted by Gasteiger charge is -2.18. The third kappa shape index (κ3) is 3.96. The molecular weight excluding hydrogens is 325 g/mol. The lowest BCUT2D eigenvalue weighted by molar-refractivity contribution is -0.206. The Bertz CT molecular complexity index is 733. The smallest absolute Gasteiger partial charge is 0.418 e. The fourth-order valence-corrected chi connectivity index (χ4v) is 1.95. The number of alkyl halides is 3. The number of hydrogen-bond donors (Lipinski definition) is 1. The van der Waals surface area contributed by atoms with Crippen LogP contribution in [0.3, 0.4) is 0 Å². The van der Waals surface area contributed by atoms with E-state index in [1.165, 1.54) is 24.5 Å². The van der Waals surface area contributed by atoms with Crippen LogP contribution in [-0.2, 0) is 4.74 Å². The maximum Gasteiger partial charge on any atom is 0.418 e. The highest BCUT2D eigenvalue weighted by Gasteiger charge is 2.41. The Morgan fingerprint density at radius 3 is 2.58 bits per heavy atom. The minimum atomic E-state index is -4.87. The Morgan fingerprint density at radius 2 is 2.00 bits per heavy atom. The first-order valence-corrected chi connectivity index (χ1v) is 6.78. The summed E-state index contributed by atoms with van der Waals surface area (Å²) in [4.78, 5) is 19.6.